The summed E-state index contributed by atoms with van der Waals surface area (Å²) >= 11 is 2.38. The minimum absolute atomic E-state index is 0.0783. The molecule has 8 nitrogen and oxygen atoms in total. The van der Waals surface area contributed by atoms with E-state index in [0.717, 1.165) is 22.5 Å². The number of nitrogens with zero attached hydrogens (tertiary/aromatic N) is 4. The van der Waals surface area contributed by atoms with E-state index in [1.54, 1.807) is 67.0 Å². The Bertz CT molecular complexity index is 1860. The maximum atomic E-state index is 14.1. The largest absolute Gasteiger partial charge is 0.507 e. The maximum Gasteiger partial charge on any atom is 0.301 e. The molecule has 0 spiro atoms. The fourth-order valence-corrected chi connectivity index (χ4v) is 6.69. The number of hydrogen-bond acceptors (Lipinski definition) is 9. The Kier molecular flexibility index (Phi) is 8.49. The van der Waals surface area contributed by atoms with Crippen molar-refractivity contribution in [1.82, 2.24) is 15.2 Å². The molecule has 1 aliphatic heterocycles. The van der Waals surface area contributed by atoms with Crippen molar-refractivity contribution >= 4 is 45.7 Å². The third-order valence-electron chi connectivity index (χ3n) is 6.99. The van der Waals surface area contributed by atoms with E-state index >= 15 is 0 Å². The van der Waals surface area contributed by atoms with E-state index in [0.29, 0.717) is 39.1 Å². The number of pyridine rings is 1. The predicted molar refractivity (Wildman–Crippen MR) is 167 cm³/mol. The Balaban J connectivity index is 1.28. The number of ketones is 1. The van der Waals surface area contributed by atoms with Crippen LogP contribution in [-0.2, 0) is 21.9 Å². The number of amides is 1. The van der Waals surface area contributed by atoms with Crippen molar-refractivity contribution in [3.63, 3.8) is 0 Å². The lowest BCUT2D eigenvalue weighted by atomic mass is 9.96. The summed E-state index contributed by atoms with van der Waals surface area (Å²) in [6, 6.07) is 23.5. The summed E-state index contributed by atoms with van der Waals surface area (Å²) < 4.78 is 20.5. The Morgan fingerprint density at radius 1 is 1.00 bits per heavy atom. The molecule has 0 radical (unpaired) electrons. The van der Waals surface area contributed by atoms with Gasteiger partial charge in [-0.15, -0.1) is 10.2 Å². The normalized spacial score (nSPS) is 16.0. The molecule has 0 aliphatic carbocycles. The molecular formula is C33H25FN4O4S2. The lowest BCUT2D eigenvalue weighted by Gasteiger charge is -2.22. The number of carbonyl (C=O) groups is 2. The van der Waals surface area contributed by atoms with Gasteiger partial charge in [-0.1, -0.05) is 71.1 Å². The number of thioether (sulfide) groups is 1. The van der Waals surface area contributed by atoms with E-state index in [1.807, 2.05) is 31.2 Å². The molecule has 44 heavy (non-hydrogen) atoms. The number of aryl methyl sites for hydroxylation is 1. The van der Waals surface area contributed by atoms with Crippen LogP contribution in [-0.4, -0.2) is 32.0 Å². The maximum absolute atomic E-state index is 14.1. The molecule has 0 bridgehead atoms. The highest BCUT2D eigenvalue weighted by Crippen LogP contribution is 2.44. The number of hydrogen-bond donors (Lipinski definition) is 1. The molecule has 5 aromatic rings. The number of carbonyl (C=O) groups excluding carboxylic acids is 2. The first kappa shape index (κ1) is 29.2. The zero-order valence-electron chi connectivity index (χ0n) is 23.4. The summed E-state index contributed by atoms with van der Waals surface area (Å²) in [5, 5.41) is 20.0. The molecule has 2 aromatic heterocycles. The second-order valence-corrected chi connectivity index (χ2v) is 12.2. The number of halogens is 1. The minimum atomic E-state index is -0.965. The van der Waals surface area contributed by atoms with Gasteiger partial charge >= 0.3 is 5.91 Å². The monoisotopic (exact) mass is 624 g/mol. The quantitative estimate of drug-likeness (QED) is 0.0622. The third kappa shape index (κ3) is 6.10. The van der Waals surface area contributed by atoms with Crippen molar-refractivity contribution in [2.24, 2.45) is 0 Å². The summed E-state index contributed by atoms with van der Waals surface area (Å²) in [6.45, 7) is 2.39. The number of ether oxygens (including phenoxy) is 1. The van der Waals surface area contributed by atoms with Crippen molar-refractivity contribution in [1.29, 1.82) is 0 Å². The van der Waals surface area contributed by atoms with Gasteiger partial charge in [-0.3, -0.25) is 19.5 Å². The van der Waals surface area contributed by atoms with Crippen molar-refractivity contribution in [2.75, 3.05) is 4.90 Å². The lowest BCUT2D eigenvalue weighted by molar-refractivity contribution is -0.132. The van der Waals surface area contributed by atoms with Crippen molar-refractivity contribution in [3.05, 3.63) is 137 Å². The first-order valence-corrected chi connectivity index (χ1v) is 15.4. The topological polar surface area (TPSA) is 106 Å². The minimum Gasteiger partial charge on any atom is -0.507 e. The molecule has 0 saturated carbocycles. The van der Waals surface area contributed by atoms with Gasteiger partial charge in [0.2, 0.25) is 5.13 Å². The number of aliphatic hydroxyl groups excluding tert-OH is 1. The summed E-state index contributed by atoms with van der Waals surface area (Å²) in [5.41, 5.74) is 3.51. The highest BCUT2D eigenvalue weighted by atomic mass is 32.2. The fraction of sp³-hybridized carbons (Fsp3) is 0.121. The molecule has 1 fully saturated rings. The van der Waals surface area contributed by atoms with Crippen LogP contribution in [0, 0.1) is 12.7 Å². The van der Waals surface area contributed by atoms with Crippen LogP contribution < -0.4 is 9.64 Å². The molecule has 1 aliphatic rings. The first-order valence-electron chi connectivity index (χ1n) is 13.6. The number of aliphatic hydroxyl groups is 1. The average Bonchev–Trinajstić information content (AvgIpc) is 3.61. The molecule has 1 amide bonds. The predicted octanol–water partition coefficient (Wildman–Crippen LogP) is 6.88. The molecule has 6 rings (SSSR count). The van der Waals surface area contributed by atoms with Gasteiger partial charge in [0.05, 0.1) is 11.6 Å². The van der Waals surface area contributed by atoms with Gasteiger partial charge in [-0.25, -0.2) is 4.39 Å². The van der Waals surface area contributed by atoms with Crippen molar-refractivity contribution in [3.8, 4) is 5.75 Å². The van der Waals surface area contributed by atoms with Gasteiger partial charge in [0.1, 0.15) is 23.9 Å². The zero-order chi connectivity index (χ0) is 30.6. The van der Waals surface area contributed by atoms with Crippen molar-refractivity contribution < 1.29 is 23.8 Å². The van der Waals surface area contributed by atoms with Gasteiger partial charge in [-0.05, 0) is 66.1 Å². The third-order valence-corrected chi connectivity index (χ3v) is 9.10. The number of rotatable bonds is 9. The van der Waals surface area contributed by atoms with Gasteiger partial charge in [-0.2, -0.15) is 0 Å². The summed E-state index contributed by atoms with van der Waals surface area (Å²) in [7, 11) is 0. The van der Waals surface area contributed by atoms with Crippen LogP contribution in [0.25, 0.3) is 5.76 Å². The van der Waals surface area contributed by atoms with Crippen LogP contribution in [0.4, 0.5) is 9.52 Å². The van der Waals surface area contributed by atoms with E-state index in [-0.39, 0.29) is 22.3 Å². The van der Waals surface area contributed by atoms with E-state index in [1.165, 1.54) is 22.7 Å². The summed E-state index contributed by atoms with van der Waals surface area (Å²) in [5.74, 6) is -1.43. The number of aromatic nitrogens is 3. The molecule has 1 saturated heterocycles. The molecule has 1 atom stereocenters. The van der Waals surface area contributed by atoms with E-state index in [2.05, 4.69) is 15.2 Å². The standard InChI is InChI=1S/C33H25FN4O4S2/c1-20-5-4-6-21(17-20)18-42-25-11-9-23(10-12-25)29(39)27-28(22-13-15-35-16-14-22)38(31(41)30(27)40)32-36-37-33(44-32)43-19-24-7-2-3-8-26(24)34/h2-17,28,39H,18-19H2,1H3/b29-27+. The second-order valence-electron chi connectivity index (χ2n) is 9.98. The molecule has 3 aromatic carbocycles. The van der Waals surface area contributed by atoms with Crippen LogP contribution in [0.2, 0.25) is 0 Å². The molecular weight excluding hydrogens is 600 g/mol. The Morgan fingerprint density at radius 2 is 1.77 bits per heavy atom. The van der Waals surface area contributed by atoms with Crippen LogP contribution in [0.15, 0.2) is 107 Å². The average molecular weight is 625 g/mol. The molecule has 1 N–H and O–H groups in total. The van der Waals surface area contributed by atoms with Gasteiger partial charge in [0.15, 0.2) is 4.34 Å². The summed E-state index contributed by atoms with van der Waals surface area (Å²) in [6.07, 6.45) is 3.09. The highest BCUT2D eigenvalue weighted by Gasteiger charge is 2.48. The van der Waals surface area contributed by atoms with Crippen LogP contribution in [0.1, 0.15) is 33.9 Å². The number of benzene rings is 3. The van der Waals surface area contributed by atoms with Gasteiger partial charge in [0, 0.05) is 23.7 Å². The fourth-order valence-electron chi connectivity index (χ4n) is 4.84. The Hall–Kier alpha value is -4.87. The molecule has 11 heteroatoms. The summed E-state index contributed by atoms with van der Waals surface area (Å²) in [4.78, 5) is 32.2. The van der Waals surface area contributed by atoms with Crippen LogP contribution in [0.5, 0.6) is 5.75 Å². The molecule has 220 valence electrons. The first-order chi connectivity index (χ1) is 21.4. The van der Waals surface area contributed by atoms with E-state index in [4.69, 9.17) is 4.74 Å². The van der Waals surface area contributed by atoms with Crippen molar-refractivity contribution in [2.45, 2.75) is 29.7 Å². The van der Waals surface area contributed by atoms with Gasteiger partial charge < -0.3 is 9.84 Å². The smallest absolute Gasteiger partial charge is 0.301 e. The van der Waals surface area contributed by atoms with E-state index in [9.17, 15) is 19.1 Å². The SMILES string of the molecule is Cc1cccc(COc2ccc(/C(O)=C3\C(=O)C(=O)N(c4nnc(SCc5ccccc5F)s4)C3c3ccncc3)cc2)c1. The zero-order valence-corrected chi connectivity index (χ0v) is 25.0. The number of Topliss-reactive ketones (excluding diaryl/α,β-unsaturated/α-hetero) is 1. The van der Waals surface area contributed by atoms with Gasteiger partial charge in [0.25, 0.3) is 5.78 Å². The Morgan fingerprint density at radius 3 is 2.52 bits per heavy atom. The number of anilines is 1. The highest BCUT2D eigenvalue weighted by molar-refractivity contribution is 8.00. The van der Waals surface area contributed by atoms with Crippen LogP contribution in [0.3, 0.4) is 0 Å². The van der Waals surface area contributed by atoms with Crippen LogP contribution >= 0.6 is 23.1 Å². The molecule has 1 unspecified atom stereocenters. The lowest BCUT2D eigenvalue weighted by Crippen LogP contribution is -2.29. The Labute approximate surface area is 260 Å². The molecule has 3 heterocycles. The van der Waals surface area contributed by atoms with E-state index < -0.39 is 17.7 Å². The second kappa shape index (κ2) is 12.8.